The van der Waals surface area contributed by atoms with Crippen LogP contribution in [0.2, 0.25) is 0 Å². The zero-order chi connectivity index (χ0) is 13.1. The molecule has 0 heterocycles. The van der Waals surface area contributed by atoms with Crippen LogP contribution < -0.4 is 10.5 Å². The van der Waals surface area contributed by atoms with E-state index in [4.69, 9.17) is 10.5 Å². The second-order valence-electron chi connectivity index (χ2n) is 3.85. The number of hydrogen-bond donors (Lipinski definition) is 1. The van der Waals surface area contributed by atoms with Gasteiger partial charge >= 0.3 is 5.69 Å². The number of benzene rings is 2. The van der Waals surface area contributed by atoms with E-state index in [1.165, 1.54) is 0 Å². The molecule has 0 bridgehead atoms. The third kappa shape index (κ3) is 2.40. The van der Waals surface area contributed by atoms with Crippen molar-refractivity contribution in [1.82, 2.24) is 0 Å². The van der Waals surface area contributed by atoms with Gasteiger partial charge in [-0.1, -0.05) is 12.1 Å². The van der Waals surface area contributed by atoms with Crippen molar-refractivity contribution in [3.63, 3.8) is 0 Å². The van der Waals surface area contributed by atoms with Gasteiger partial charge in [-0.15, -0.1) is 0 Å². The summed E-state index contributed by atoms with van der Waals surface area (Å²) in [6.07, 6.45) is 0. The third-order valence-electron chi connectivity index (χ3n) is 2.49. The highest BCUT2D eigenvalue weighted by Crippen LogP contribution is 2.33. The topological polar surface area (TPSA) is 78.4 Å². The van der Waals surface area contributed by atoms with Crippen molar-refractivity contribution in [3.05, 3.63) is 58.1 Å². The molecule has 18 heavy (non-hydrogen) atoms. The van der Waals surface area contributed by atoms with E-state index in [0.717, 1.165) is 0 Å². The first-order valence-electron chi connectivity index (χ1n) is 5.35. The molecule has 92 valence electrons. The summed E-state index contributed by atoms with van der Waals surface area (Å²) in [4.78, 5) is 10.5. The highest BCUT2D eigenvalue weighted by Gasteiger charge is 2.18. The second kappa shape index (κ2) is 4.75. The Morgan fingerprint density at radius 1 is 1.17 bits per heavy atom. The number of aryl methyl sites for hydroxylation is 1. The monoisotopic (exact) mass is 244 g/mol. The minimum Gasteiger partial charge on any atom is -0.450 e. The lowest BCUT2D eigenvalue weighted by Crippen LogP contribution is -1.96. The van der Waals surface area contributed by atoms with Gasteiger partial charge in [-0.25, -0.2) is 0 Å². The van der Waals surface area contributed by atoms with Gasteiger partial charge in [0.1, 0.15) is 5.75 Å². The second-order valence-corrected chi connectivity index (χ2v) is 3.85. The summed E-state index contributed by atoms with van der Waals surface area (Å²) in [6, 6.07) is 11.7. The lowest BCUT2D eigenvalue weighted by Gasteiger charge is -2.07. The Bertz CT molecular complexity index is 579. The molecule has 0 radical (unpaired) electrons. The SMILES string of the molecule is Cc1cccc(Oc2ccc(N)cc2)c1[N+](=O)[O-]. The Hall–Kier alpha value is -2.56. The molecule has 0 unspecified atom stereocenters. The van der Waals surface area contributed by atoms with Gasteiger partial charge in [-0.3, -0.25) is 10.1 Å². The van der Waals surface area contributed by atoms with Crippen molar-refractivity contribution in [2.75, 3.05) is 5.73 Å². The fourth-order valence-corrected chi connectivity index (χ4v) is 1.61. The first-order valence-corrected chi connectivity index (χ1v) is 5.35. The van der Waals surface area contributed by atoms with E-state index in [1.807, 2.05) is 0 Å². The standard InChI is InChI=1S/C13H12N2O3/c1-9-3-2-4-12(13(9)15(16)17)18-11-7-5-10(14)6-8-11/h2-8H,14H2,1H3. The Balaban J connectivity index is 2.37. The molecule has 0 fully saturated rings. The molecule has 0 atom stereocenters. The maximum absolute atomic E-state index is 11.0. The van der Waals surface area contributed by atoms with Gasteiger partial charge in [-0.05, 0) is 37.3 Å². The highest BCUT2D eigenvalue weighted by molar-refractivity contribution is 5.54. The van der Waals surface area contributed by atoms with Gasteiger partial charge < -0.3 is 10.5 Å². The van der Waals surface area contributed by atoms with Gasteiger partial charge in [0.15, 0.2) is 0 Å². The molecule has 0 spiro atoms. The smallest absolute Gasteiger partial charge is 0.314 e. The quantitative estimate of drug-likeness (QED) is 0.510. The van der Waals surface area contributed by atoms with Crippen molar-refractivity contribution in [2.24, 2.45) is 0 Å². The van der Waals surface area contributed by atoms with E-state index in [0.29, 0.717) is 17.0 Å². The number of anilines is 1. The maximum atomic E-state index is 11.0. The number of nitrogens with two attached hydrogens (primary N) is 1. The summed E-state index contributed by atoms with van der Waals surface area (Å²) in [6.45, 7) is 1.67. The summed E-state index contributed by atoms with van der Waals surface area (Å²) >= 11 is 0. The van der Waals surface area contributed by atoms with Crippen molar-refractivity contribution in [2.45, 2.75) is 6.92 Å². The van der Waals surface area contributed by atoms with E-state index >= 15 is 0 Å². The summed E-state index contributed by atoms with van der Waals surface area (Å²) in [5.74, 6) is 0.739. The van der Waals surface area contributed by atoms with Crippen LogP contribution in [-0.4, -0.2) is 4.92 Å². The zero-order valence-corrected chi connectivity index (χ0v) is 9.79. The molecular weight excluding hydrogens is 232 g/mol. The zero-order valence-electron chi connectivity index (χ0n) is 9.79. The minimum absolute atomic E-state index is 0.0191. The number of para-hydroxylation sites is 1. The molecule has 0 aliphatic heterocycles. The van der Waals surface area contributed by atoms with Gasteiger partial charge in [0, 0.05) is 11.3 Å². The van der Waals surface area contributed by atoms with E-state index in [1.54, 1.807) is 49.4 Å². The van der Waals surface area contributed by atoms with E-state index in [2.05, 4.69) is 0 Å². The Morgan fingerprint density at radius 2 is 1.83 bits per heavy atom. The Kier molecular flexibility index (Phi) is 3.14. The van der Waals surface area contributed by atoms with Crippen LogP contribution in [0, 0.1) is 17.0 Å². The number of nitrogens with zero attached hydrogens (tertiary/aromatic N) is 1. The fraction of sp³-hybridized carbons (Fsp3) is 0.0769. The lowest BCUT2D eigenvalue weighted by atomic mass is 10.2. The predicted octanol–water partition coefficient (Wildman–Crippen LogP) is 3.28. The Labute approximate surface area is 104 Å². The van der Waals surface area contributed by atoms with E-state index < -0.39 is 4.92 Å². The normalized spacial score (nSPS) is 10.1. The molecule has 0 aromatic heterocycles. The molecule has 2 aromatic carbocycles. The van der Waals surface area contributed by atoms with Gasteiger partial charge in [0.2, 0.25) is 5.75 Å². The number of ether oxygens (including phenoxy) is 1. The molecule has 5 nitrogen and oxygen atoms in total. The first kappa shape index (κ1) is 11.9. The van der Waals surface area contributed by atoms with Gasteiger partial charge in [0.05, 0.1) is 4.92 Å². The number of nitrogen functional groups attached to an aromatic ring is 1. The summed E-state index contributed by atoms with van der Waals surface area (Å²) in [5, 5.41) is 11.0. The fourth-order valence-electron chi connectivity index (χ4n) is 1.61. The van der Waals surface area contributed by atoms with Gasteiger partial charge in [-0.2, -0.15) is 0 Å². The molecular formula is C13H12N2O3. The van der Waals surface area contributed by atoms with Crippen molar-refractivity contribution in [1.29, 1.82) is 0 Å². The largest absolute Gasteiger partial charge is 0.450 e. The molecule has 0 amide bonds. The van der Waals surface area contributed by atoms with Gasteiger partial charge in [0.25, 0.3) is 0 Å². The molecule has 0 saturated carbocycles. The van der Waals surface area contributed by atoms with Crippen LogP contribution in [0.3, 0.4) is 0 Å². The average molecular weight is 244 g/mol. The van der Waals surface area contributed by atoms with Crippen LogP contribution in [0.15, 0.2) is 42.5 Å². The molecule has 0 aliphatic carbocycles. The van der Waals surface area contributed by atoms with Crippen molar-refractivity contribution >= 4 is 11.4 Å². The van der Waals surface area contributed by atoms with Crippen LogP contribution in [0.1, 0.15) is 5.56 Å². The summed E-state index contributed by atoms with van der Waals surface area (Å²) in [5.41, 5.74) is 6.71. The number of nitro groups is 1. The predicted molar refractivity (Wildman–Crippen MR) is 68.8 cm³/mol. The van der Waals surface area contributed by atoms with Crippen molar-refractivity contribution < 1.29 is 9.66 Å². The van der Waals surface area contributed by atoms with Crippen LogP contribution in [0.4, 0.5) is 11.4 Å². The molecule has 5 heteroatoms. The number of hydrogen-bond acceptors (Lipinski definition) is 4. The van der Waals surface area contributed by atoms with Crippen LogP contribution in [0.5, 0.6) is 11.5 Å². The lowest BCUT2D eigenvalue weighted by molar-refractivity contribution is -0.386. The number of nitro benzene ring substituents is 1. The summed E-state index contributed by atoms with van der Waals surface area (Å²) in [7, 11) is 0. The highest BCUT2D eigenvalue weighted by atomic mass is 16.6. The molecule has 2 rings (SSSR count). The first-order chi connectivity index (χ1) is 8.58. The van der Waals surface area contributed by atoms with Crippen LogP contribution >= 0.6 is 0 Å². The molecule has 0 saturated heterocycles. The van der Waals surface area contributed by atoms with Crippen molar-refractivity contribution in [3.8, 4) is 11.5 Å². The van der Waals surface area contributed by atoms with Crippen LogP contribution in [0.25, 0.3) is 0 Å². The molecule has 0 aliphatic rings. The van der Waals surface area contributed by atoms with E-state index in [9.17, 15) is 10.1 Å². The summed E-state index contributed by atoms with van der Waals surface area (Å²) < 4.78 is 5.51. The van der Waals surface area contributed by atoms with Crippen LogP contribution in [-0.2, 0) is 0 Å². The average Bonchev–Trinajstić information content (AvgIpc) is 2.32. The third-order valence-corrected chi connectivity index (χ3v) is 2.49. The minimum atomic E-state index is -0.442. The number of rotatable bonds is 3. The molecule has 2 aromatic rings. The molecule has 2 N–H and O–H groups in total. The Morgan fingerprint density at radius 3 is 2.44 bits per heavy atom. The van der Waals surface area contributed by atoms with E-state index in [-0.39, 0.29) is 11.4 Å². The maximum Gasteiger partial charge on any atom is 0.314 e.